The number of anilines is 1. The third-order valence-electron chi connectivity index (χ3n) is 2.45. The summed E-state index contributed by atoms with van der Waals surface area (Å²) >= 11 is 3.26. The van der Waals surface area contributed by atoms with E-state index in [1.165, 1.54) is 12.5 Å². The summed E-state index contributed by atoms with van der Waals surface area (Å²) in [5, 5.41) is 0. The summed E-state index contributed by atoms with van der Waals surface area (Å²) in [6.45, 7) is 1.83. The molecule has 14 heavy (non-hydrogen) atoms. The van der Waals surface area contributed by atoms with Gasteiger partial charge in [-0.05, 0) is 47.3 Å². The summed E-state index contributed by atoms with van der Waals surface area (Å²) in [7, 11) is 0. The van der Waals surface area contributed by atoms with E-state index in [4.69, 9.17) is 0 Å². The second kappa shape index (κ2) is 4.26. The fourth-order valence-corrected chi connectivity index (χ4v) is 2.04. The van der Waals surface area contributed by atoms with E-state index in [0.717, 1.165) is 25.9 Å². The molecule has 0 N–H and O–H groups in total. The van der Waals surface area contributed by atoms with Gasteiger partial charge < -0.3 is 4.90 Å². The van der Waals surface area contributed by atoms with E-state index in [2.05, 4.69) is 20.9 Å². The van der Waals surface area contributed by atoms with Gasteiger partial charge in [0.25, 0.3) is 0 Å². The van der Waals surface area contributed by atoms with Gasteiger partial charge >= 0.3 is 0 Å². The van der Waals surface area contributed by atoms with Crippen molar-refractivity contribution in [3.05, 3.63) is 22.6 Å². The molecule has 0 spiro atoms. The molecule has 2 rings (SSSR count). The Labute approximate surface area is 91.3 Å². The topological polar surface area (TPSA) is 16.1 Å². The van der Waals surface area contributed by atoms with Crippen molar-refractivity contribution in [1.82, 2.24) is 4.98 Å². The number of aromatic nitrogens is 1. The van der Waals surface area contributed by atoms with Crippen molar-refractivity contribution >= 4 is 21.7 Å². The van der Waals surface area contributed by atoms with Crippen LogP contribution in [0.4, 0.5) is 10.2 Å². The van der Waals surface area contributed by atoms with E-state index in [1.54, 1.807) is 6.07 Å². The third-order valence-corrected chi connectivity index (χ3v) is 2.89. The SMILES string of the molecule is Fc1ccc(Br)nc1N1CCCCC1. The van der Waals surface area contributed by atoms with Gasteiger partial charge in [0.05, 0.1) is 0 Å². The fourth-order valence-electron chi connectivity index (χ4n) is 1.74. The Bertz CT molecular complexity index is 324. The van der Waals surface area contributed by atoms with Gasteiger partial charge in [0.2, 0.25) is 0 Å². The van der Waals surface area contributed by atoms with Gasteiger partial charge in [-0.25, -0.2) is 9.37 Å². The van der Waals surface area contributed by atoms with Gasteiger partial charge in [-0.2, -0.15) is 0 Å². The minimum Gasteiger partial charge on any atom is -0.354 e. The molecule has 0 aliphatic carbocycles. The largest absolute Gasteiger partial charge is 0.354 e. The van der Waals surface area contributed by atoms with Crippen LogP contribution in [0.25, 0.3) is 0 Å². The lowest BCUT2D eigenvalue weighted by Crippen LogP contribution is -2.31. The summed E-state index contributed by atoms with van der Waals surface area (Å²) in [4.78, 5) is 6.18. The molecule has 1 aliphatic rings. The van der Waals surface area contributed by atoms with Crippen LogP contribution in [0.2, 0.25) is 0 Å². The molecule has 1 saturated heterocycles. The maximum absolute atomic E-state index is 13.4. The predicted octanol–water partition coefficient (Wildman–Crippen LogP) is 2.97. The molecule has 2 heterocycles. The van der Waals surface area contributed by atoms with E-state index in [9.17, 15) is 4.39 Å². The average molecular weight is 259 g/mol. The van der Waals surface area contributed by atoms with E-state index < -0.39 is 0 Å². The summed E-state index contributed by atoms with van der Waals surface area (Å²) < 4.78 is 14.1. The first-order chi connectivity index (χ1) is 6.77. The molecule has 0 bridgehead atoms. The zero-order valence-corrected chi connectivity index (χ0v) is 9.43. The lowest BCUT2D eigenvalue weighted by molar-refractivity contribution is 0.549. The van der Waals surface area contributed by atoms with Gasteiger partial charge in [0, 0.05) is 13.1 Å². The normalized spacial score (nSPS) is 17.1. The number of piperidine rings is 1. The van der Waals surface area contributed by atoms with Gasteiger partial charge in [0.1, 0.15) is 4.60 Å². The van der Waals surface area contributed by atoms with Crippen LogP contribution >= 0.6 is 15.9 Å². The molecule has 1 aromatic heterocycles. The molecule has 76 valence electrons. The van der Waals surface area contributed by atoms with Crippen LogP contribution in [0, 0.1) is 5.82 Å². The molecular weight excluding hydrogens is 247 g/mol. The van der Waals surface area contributed by atoms with Gasteiger partial charge in [-0.1, -0.05) is 0 Å². The highest BCUT2D eigenvalue weighted by molar-refractivity contribution is 9.10. The Morgan fingerprint density at radius 1 is 1.21 bits per heavy atom. The summed E-state index contributed by atoms with van der Waals surface area (Å²) in [5.74, 6) is 0.258. The maximum Gasteiger partial charge on any atom is 0.166 e. The van der Waals surface area contributed by atoms with Crippen molar-refractivity contribution in [3.63, 3.8) is 0 Å². The number of hydrogen-bond acceptors (Lipinski definition) is 2. The molecule has 1 aromatic rings. The molecule has 2 nitrogen and oxygen atoms in total. The van der Waals surface area contributed by atoms with Crippen molar-refractivity contribution in [2.45, 2.75) is 19.3 Å². The third kappa shape index (κ3) is 2.05. The van der Waals surface area contributed by atoms with Gasteiger partial charge in [-0.15, -0.1) is 0 Å². The fraction of sp³-hybridized carbons (Fsp3) is 0.500. The van der Waals surface area contributed by atoms with Crippen LogP contribution in [0.3, 0.4) is 0 Å². The highest BCUT2D eigenvalue weighted by Crippen LogP contribution is 2.22. The smallest absolute Gasteiger partial charge is 0.166 e. The van der Waals surface area contributed by atoms with Crippen LogP contribution < -0.4 is 4.90 Å². The number of rotatable bonds is 1. The summed E-state index contributed by atoms with van der Waals surface area (Å²) in [6, 6.07) is 3.09. The highest BCUT2D eigenvalue weighted by atomic mass is 79.9. The van der Waals surface area contributed by atoms with Crippen molar-refractivity contribution < 1.29 is 4.39 Å². The van der Waals surface area contributed by atoms with Crippen molar-refractivity contribution in [3.8, 4) is 0 Å². The van der Waals surface area contributed by atoms with Crippen LogP contribution in [0.5, 0.6) is 0 Å². The van der Waals surface area contributed by atoms with Crippen LogP contribution in [0.1, 0.15) is 19.3 Å². The first-order valence-electron chi connectivity index (χ1n) is 4.84. The Morgan fingerprint density at radius 2 is 1.93 bits per heavy atom. The molecule has 0 aromatic carbocycles. The molecule has 0 amide bonds. The Hall–Kier alpha value is -0.640. The second-order valence-electron chi connectivity index (χ2n) is 3.49. The monoisotopic (exact) mass is 258 g/mol. The van der Waals surface area contributed by atoms with Gasteiger partial charge in [0.15, 0.2) is 11.6 Å². The molecular formula is C10H12BrFN2. The average Bonchev–Trinajstić information content (AvgIpc) is 2.23. The van der Waals surface area contributed by atoms with E-state index in [0.29, 0.717) is 10.4 Å². The molecule has 1 aliphatic heterocycles. The van der Waals surface area contributed by atoms with E-state index in [1.807, 2.05) is 4.90 Å². The van der Waals surface area contributed by atoms with Crippen molar-refractivity contribution in [2.75, 3.05) is 18.0 Å². The van der Waals surface area contributed by atoms with E-state index >= 15 is 0 Å². The quantitative estimate of drug-likeness (QED) is 0.721. The van der Waals surface area contributed by atoms with E-state index in [-0.39, 0.29) is 5.82 Å². The second-order valence-corrected chi connectivity index (χ2v) is 4.30. The minimum absolute atomic E-state index is 0.227. The molecule has 0 unspecified atom stereocenters. The standard InChI is InChI=1S/C10H12BrFN2/c11-9-5-4-8(12)10(13-9)14-6-2-1-3-7-14/h4-5H,1-3,6-7H2. The number of pyridine rings is 1. The molecule has 1 fully saturated rings. The molecule has 0 radical (unpaired) electrons. The Kier molecular flexibility index (Phi) is 3.01. The lowest BCUT2D eigenvalue weighted by Gasteiger charge is -2.27. The van der Waals surface area contributed by atoms with Crippen molar-refractivity contribution in [2.24, 2.45) is 0 Å². The van der Waals surface area contributed by atoms with Crippen LogP contribution in [0.15, 0.2) is 16.7 Å². The highest BCUT2D eigenvalue weighted by Gasteiger charge is 2.16. The summed E-state index contributed by atoms with van der Waals surface area (Å²) in [6.07, 6.45) is 3.51. The molecule has 4 heteroatoms. The minimum atomic E-state index is -0.227. The lowest BCUT2D eigenvalue weighted by atomic mass is 10.1. The first kappa shape index (κ1) is 9.90. The zero-order chi connectivity index (χ0) is 9.97. The first-order valence-corrected chi connectivity index (χ1v) is 5.63. The van der Waals surface area contributed by atoms with Crippen LogP contribution in [-0.4, -0.2) is 18.1 Å². The molecule has 0 saturated carbocycles. The van der Waals surface area contributed by atoms with Crippen LogP contribution in [-0.2, 0) is 0 Å². The number of hydrogen-bond donors (Lipinski definition) is 0. The summed E-state index contributed by atoms with van der Waals surface area (Å²) in [5.41, 5.74) is 0. The molecule has 0 atom stereocenters. The Balaban J connectivity index is 2.24. The Morgan fingerprint density at radius 3 is 2.64 bits per heavy atom. The maximum atomic E-state index is 13.4. The predicted molar refractivity (Wildman–Crippen MR) is 58.0 cm³/mol. The number of halogens is 2. The van der Waals surface area contributed by atoms with Crippen molar-refractivity contribution in [1.29, 1.82) is 0 Å². The number of nitrogens with zero attached hydrogens (tertiary/aromatic N) is 2. The zero-order valence-electron chi connectivity index (χ0n) is 7.84. The van der Waals surface area contributed by atoms with Gasteiger partial charge in [-0.3, -0.25) is 0 Å².